The summed E-state index contributed by atoms with van der Waals surface area (Å²) in [5, 5.41) is 14.6. The minimum Gasteiger partial charge on any atom is -0.461 e. The molecule has 3 N–H and O–H groups in total. The van der Waals surface area contributed by atoms with E-state index in [1.54, 1.807) is 13.8 Å². The van der Waals surface area contributed by atoms with E-state index in [4.69, 9.17) is 9.84 Å². The van der Waals surface area contributed by atoms with Gasteiger partial charge in [0, 0.05) is 12.5 Å². The highest BCUT2D eigenvalue weighted by Crippen LogP contribution is 2.19. The third-order valence-corrected chi connectivity index (χ3v) is 5.29. The lowest BCUT2D eigenvalue weighted by atomic mass is 9.94. The molecule has 0 aliphatic carbocycles. The molecule has 0 fully saturated rings. The van der Waals surface area contributed by atoms with E-state index in [9.17, 15) is 14.4 Å². The molecule has 0 saturated carbocycles. The summed E-state index contributed by atoms with van der Waals surface area (Å²) in [6, 6.07) is 9.50. The van der Waals surface area contributed by atoms with Crippen LogP contribution in [0.4, 0.5) is 0 Å². The Morgan fingerprint density at radius 2 is 1.97 bits per heavy atom. The van der Waals surface area contributed by atoms with E-state index in [1.165, 1.54) is 0 Å². The predicted octanol–water partition coefficient (Wildman–Crippen LogP) is 2.14. The van der Waals surface area contributed by atoms with Gasteiger partial charge in [-0.05, 0) is 45.1 Å². The first-order chi connectivity index (χ1) is 14.9. The average molecular weight is 431 g/mol. The maximum absolute atomic E-state index is 12.7. The Hall–Kier alpha value is -2.67. The summed E-state index contributed by atoms with van der Waals surface area (Å²) < 4.78 is 5.60. The number of ether oxygens (including phenoxy) is 1. The van der Waals surface area contributed by atoms with Crippen molar-refractivity contribution in [2.75, 3.05) is 13.2 Å². The summed E-state index contributed by atoms with van der Waals surface area (Å²) in [5.41, 5.74) is 1.09. The normalized spacial score (nSPS) is 24.0. The van der Waals surface area contributed by atoms with Crippen LogP contribution in [0.2, 0.25) is 0 Å². The van der Waals surface area contributed by atoms with Gasteiger partial charge >= 0.3 is 5.97 Å². The Morgan fingerprint density at radius 1 is 1.23 bits per heavy atom. The van der Waals surface area contributed by atoms with Crippen LogP contribution in [-0.4, -0.2) is 48.2 Å². The minimum atomic E-state index is -0.522. The molecule has 7 heteroatoms. The molecule has 1 aromatic rings. The van der Waals surface area contributed by atoms with E-state index in [2.05, 4.69) is 10.6 Å². The number of hydrogen-bond acceptors (Lipinski definition) is 5. The lowest BCUT2D eigenvalue weighted by molar-refractivity contribution is -0.153. The van der Waals surface area contributed by atoms with Gasteiger partial charge in [-0.1, -0.05) is 42.5 Å². The number of nitrogens with one attached hydrogen (secondary N) is 2. The van der Waals surface area contributed by atoms with Crippen molar-refractivity contribution in [3.8, 4) is 0 Å². The molecule has 1 aliphatic heterocycles. The number of esters is 1. The number of aliphatic hydroxyl groups is 1. The van der Waals surface area contributed by atoms with E-state index in [0.29, 0.717) is 25.7 Å². The largest absolute Gasteiger partial charge is 0.461 e. The van der Waals surface area contributed by atoms with Gasteiger partial charge in [0.15, 0.2) is 0 Å². The zero-order valence-electron chi connectivity index (χ0n) is 18.4. The van der Waals surface area contributed by atoms with Gasteiger partial charge in [0.1, 0.15) is 6.10 Å². The summed E-state index contributed by atoms with van der Waals surface area (Å²) in [6.45, 7) is 3.48. The molecule has 4 atom stereocenters. The summed E-state index contributed by atoms with van der Waals surface area (Å²) in [7, 11) is 0. The summed E-state index contributed by atoms with van der Waals surface area (Å²) in [5.74, 6) is -1.56. The number of amides is 2. The molecule has 4 unspecified atom stereocenters. The standard InChI is InChI=1S/C24H34N2O5/c1-17(16-27)26-22(28)14-20-11-7-4-8-12-21(13-19-9-5-3-6-10-19)24(30)31-18(2)15-25-23(20)29/h3-7,9-10,17-18,20-21,27H,8,11-16H2,1-2H3,(H,25,29)(H,26,28). The van der Waals surface area contributed by atoms with Crippen LogP contribution in [0.25, 0.3) is 0 Å². The van der Waals surface area contributed by atoms with E-state index >= 15 is 0 Å². The first-order valence-corrected chi connectivity index (χ1v) is 11.0. The van der Waals surface area contributed by atoms with Crippen LogP contribution < -0.4 is 10.6 Å². The molecule has 1 heterocycles. The van der Waals surface area contributed by atoms with Gasteiger partial charge in [-0.2, -0.15) is 0 Å². The smallest absolute Gasteiger partial charge is 0.309 e. The molecule has 170 valence electrons. The fraction of sp³-hybridized carbons (Fsp3) is 0.542. The van der Waals surface area contributed by atoms with Crippen molar-refractivity contribution in [3.05, 3.63) is 48.0 Å². The molecule has 0 saturated heterocycles. The van der Waals surface area contributed by atoms with Gasteiger partial charge < -0.3 is 20.5 Å². The molecule has 1 aromatic carbocycles. The minimum absolute atomic E-state index is 0.0330. The van der Waals surface area contributed by atoms with Crippen molar-refractivity contribution < 1.29 is 24.2 Å². The number of rotatable bonds is 6. The van der Waals surface area contributed by atoms with Gasteiger partial charge in [-0.3, -0.25) is 14.4 Å². The lowest BCUT2D eigenvalue weighted by Crippen LogP contribution is -2.41. The van der Waals surface area contributed by atoms with Crippen molar-refractivity contribution in [1.82, 2.24) is 10.6 Å². The van der Waals surface area contributed by atoms with Crippen LogP contribution >= 0.6 is 0 Å². The summed E-state index contributed by atoms with van der Waals surface area (Å²) >= 11 is 0. The van der Waals surface area contributed by atoms with E-state index in [1.807, 2.05) is 42.5 Å². The molecule has 0 aromatic heterocycles. The van der Waals surface area contributed by atoms with Crippen LogP contribution in [0.1, 0.15) is 45.1 Å². The highest BCUT2D eigenvalue weighted by atomic mass is 16.5. The third-order valence-electron chi connectivity index (χ3n) is 5.29. The zero-order chi connectivity index (χ0) is 22.6. The fourth-order valence-electron chi connectivity index (χ4n) is 3.49. The van der Waals surface area contributed by atoms with Gasteiger partial charge in [0.05, 0.1) is 25.0 Å². The predicted molar refractivity (Wildman–Crippen MR) is 118 cm³/mol. The average Bonchev–Trinajstić information content (AvgIpc) is 2.76. The Kier molecular flexibility index (Phi) is 10.2. The second-order valence-corrected chi connectivity index (χ2v) is 8.22. The Labute approximate surface area is 184 Å². The van der Waals surface area contributed by atoms with Crippen LogP contribution in [0.15, 0.2) is 42.5 Å². The number of benzene rings is 1. The number of cyclic esters (lactones) is 1. The Bertz CT molecular complexity index is 750. The Morgan fingerprint density at radius 3 is 2.68 bits per heavy atom. The second-order valence-electron chi connectivity index (χ2n) is 8.22. The van der Waals surface area contributed by atoms with E-state index in [-0.39, 0.29) is 49.3 Å². The summed E-state index contributed by atoms with van der Waals surface area (Å²) in [4.78, 5) is 37.5. The number of carbonyl (C=O) groups is 3. The third kappa shape index (κ3) is 8.92. The molecule has 7 nitrogen and oxygen atoms in total. The lowest BCUT2D eigenvalue weighted by Gasteiger charge is -2.21. The van der Waals surface area contributed by atoms with Crippen molar-refractivity contribution in [2.24, 2.45) is 11.8 Å². The van der Waals surface area contributed by atoms with Gasteiger partial charge in [-0.25, -0.2) is 0 Å². The van der Waals surface area contributed by atoms with Crippen LogP contribution in [-0.2, 0) is 25.5 Å². The second kappa shape index (κ2) is 12.9. The van der Waals surface area contributed by atoms with Gasteiger partial charge in [0.25, 0.3) is 0 Å². The number of carbonyl (C=O) groups excluding carboxylic acids is 3. The molecule has 2 rings (SSSR count). The first kappa shape index (κ1) is 24.6. The fourth-order valence-corrected chi connectivity index (χ4v) is 3.49. The maximum atomic E-state index is 12.7. The SMILES string of the molecule is CC(CO)NC(=O)CC1CC=CCCC(Cc2ccccc2)C(=O)OC(C)CNC1=O. The van der Waals surface area contributed by atoms with Crippen LogP contribution in [0.3, 0.4) is 0 Å². The first-order valence-electron chi connectivity index (χ1n) is 11.0. The van der Waals surface area contributed by atoms with E-state index < -0.39 is 12.0 Å². The topological polar surface area (TPSA) is 105 Å². The highest BCUT2D eigenvalue weighted by molar-refractivity contribution is 5.86. The molecule has 0 spiro atoms. The molecule has 0 bridgehead atoms. The van der Waals surface area contributed by atoms with Crippen molar-refractivity contribution >= 4 is 17.8 Å². The monoisotopic (exact) mass is 430 g/mol. The zero-order valence-corrected chi connectivity index (χ0v) is 18.4. The van der Waals surface area contributed by atoms with Crippen LogP contribution in [0, 0.1) is 11.8 Å². The molecule has 2 amide bonds. The number of allylic oxidation sites excluding steroid dienone is 2. The van der Waals surface area contributed by atoms with Gasteiger partial charge in [-0.15, -0.1) is 0 Å². The number of aliphatic hydroxyl groups excluding tert-OH is 1. The molecule has 31 heavy (non-hydrogen) atoms. The summed E-state index contributed by atoms with van der Waals surface area (Å²) in [6.07, 6.45) is 5.80. The Balaban J connectivity index is 2.04. The number of hydrogen-bond donors (Lipinski definition) is 3. The van der Waals surface area contributed by atoms with Crippen molar-refractivity contribution in [1.29, 1.82) is 0 Å². The molecular formula is C24H34N2O5. The highest BCUT2D eigenvalue weighted by Gasteiger charge is 2.25. The van der Waals surface area contributed by atoms with Crippen molar-refractivity contribution in [2.45, 2.75) is 58.1 Å². The van der Waals surface area contributed by atoms with E-state index in [0.717, 1.165) is 5.56 Å². The quantitative estimate of drug-likeness (QED) is 0.474. The molecule has 0 radical (unpaired) electrons. The molecule has 1 aliphatic rings. The van der Waals surface area contributed by atoms with Crippen LogP contribution in [0.5, 0.6) is 0 Å². The maximum Gasteiger partial charge on any atom is 0.309 e. The van der Waals surface area contributed by atoms with Crippen molar-refractivity contribution in [3.63, 3.8) is 0 Å². The van der Waals surface area contributed by atoms with Gasteiger partial charge in [0.2, 0.25) is 11.8 Å². The molecular weight excluding hydrogens is 396 g/mol.